The molecule has 1 aromatic rings. The van der Waals surface area contributed by atoms with Gasteiger partial charge < -0.3 is 5.32 Å². The van der Waals surface area contributed by atoms with Crippen LogP contribution in [0.3, 0.4) is 0 Å². The van der Waals surface area contributed by atoms with Crippen LogP contribution in [-0.2, 0) is 7.05 Å². The van der Waals surface area contributed by atoms with Crippen LogP contribution in [0.25, 0.3) is 0 Å². The predicted octanol–water partition coefficient (Wildman–Crippen LogP) is 1.52. The van der Waals surface area contributed by atoms with Crippen LogP contribution in [0, 0.1) is 17.2 Å². The van der Waals surface area contributed by atoms with Crippen LogP contribution >= 0.6 is 0 Å². The molecule has 74 valence electrons. The molecule has 0 bridgehead atoms. The molecule has 1 saturated carbocycles. The van der Waals surface area contributed by atoms with Gasteiger partial charge in [0.15, 0.2) is 0 Å². The van der Waals surface area contributed by atoms with E-state index in [1.165, 1.54) is 0 Å². The first-order chi connectivity index (χ1) is 6.78. The summed E-state index contributed by atoms with van der Waals surface area (Å²) in [4.78, 5) is 0. The second kappa shape index (κ2) is 3.70. The summed E-state index contributed by atoms with van der Waals surface area (Å²) in [6, 6.07) is 4.70. The molecule has 2 atom stereocenters. The third-order valence-corrected chi connectivity index (χ3v) is 2.68. The molecule has 1 fully saturated rings. The molecule has 4 nitrogen and oxygen atoms in total. The lowest BCUT2D eigenvalue weighted by Crippen LogP contribution is -2.15. The Kier molecular flexibility index (Phi) is 2.40. The SMILES string of the molecule is Cn1ccc(NC2CCC(C#N)C2)n1. The molecule has 0 radical (unpaired) electrons. The van der Waals surface area contributed by atoms with Crippen LogP contribution in [0.5, 0.6) is 0 Å². The minimum absolute atomic E-state index is 0.233. The Hall–Kier alpha value is -1.50. The maximum absolute atomic E-state index is 8.76. The number of aryl methyl sites for hydroxylation is 1. The standard InChI is InChI=1S/C10H14N4/c1-14-5-4-10(13-14)12-9-3-2-8(6-9)7-11/h4-5,8-9H,2-3,6H2,1H3,(H,12,13). The molecule has 0 amide bonds. The average molecular weight is 190 g/mol. The zero-order chi connectivity index (χ0) is 9.97. The molecule has 1 aromatic heterocycles. The lowest BCUT2D eigenvalue weighted by molar-refractivity contribution is 0.679. The van der Waals surface area contributed by atoms with Gasteiger partial charge in [-0.1, -0.05) is 0 Å². The molecule has 1 N–H and O–H groups in total. The minimum Gasteiger partial charge on any atom is -0.366 e. The third-order valence-electron chi connectivity index (χ3n) is 2.68. The number of anilines is 1. The monoisotopic (exact) mass is 190 g/mol. The number of nitriles is 1. The van der Waals surface area contributed by atoms with Gasteiger partial charge in [-0.2, -0.15) is 10.4 Å². The average Bonchev–Trinajstić information content (AvgIpc) is 2.76. The fourth-order valence-corrected chi connectivity index (χ4v) is 1.93. The number of nitrogens with one attached hydrogen (secondary N) is 1. The highest BCUT2D eigenvalue weighted by atomic mass is 15.3. The van der Waals surface area contributed by atoms with Gasteiger partial charge in [-0.25, -0.2) is 0 Å². The van der Waals surface area contributed by atoms with E-state index < -0.39 is 0 Å². The highest BCUT2D eigenvalue weighted by Gasteiger charge is 2.24. The summed E-state index contributed by atoms with van der Waals surface area (Å²) in [5.41, 5.74) is 0. The number of hydrogen-bond donors (Lipinski definition) is 1. The van der Waals surface area contributed by atoms with Crippen LogP contribution in [0.15, 0.2) is 12.3 Å². The van der Waals surface area contributed by atoms with Crippen LogP contribution in [-0.4, -0.2) is 15.8 Å². The smallest absolute Gasteiger partial charge is 0.148 e. The Bertz CT molecular complexity index is 349. The molecular formula is C10H14N4. The van der Waals surface area contributed by atoms with Gasteiger partial charge in [0.1, 0.15) is 5.82 Å². The van der Waals surface area contributed by atoms with Crippen molar-refractivity contribution in [3.8, 4) is 6.07 Å². The maximum Gasteiger partial charge on any atom is 0.148 e. The van der Waals surface area contributed by atoms with E-state index in [-0.39, 0.29) is 5.92 Å². The normalized spacial score (nSPS) is 26.0. The first kappa shape index (κ1) is 9.07. The Morgan fingerprint density at radius 2 is 2.50 bits per heavy atom. The number of aromatic nitrogens is 2. The summed E-state index contributed by atoms with van der Waals surface area (Å²) >= 11 is 0. The van der Waals surface area contributed by atoms with Crippen LogP contribution < -0.4 is 5.32 Å². The van der Waals surface area contributed by atoms with Crippen molar-refractivity contribution < 1.29 is 0 Å². The minimum atomic E-state index is 0.233. The van der Waals surface area contributed by atoms with E-state index in [4.69, 9.17) is 5.26 Å². The Balaban J connectivity index is 1.91. The number of hydrogen-bond acceptors (Lipinski definition) is 3. The second-order valence-corrected chi connectivity index (χ2v) is 3.85. The van der Waals surface area contributed by atoms with Crippen molar-refractivity contribution in [3.63, 3.8) is 0 Å². The molecule has 14 heavy (non-hydrogen) atoms. The van der Waals surface area contributed by atoms with E-state index >= 15 is 0 Å². The lowest BCUT2D eigenvalue weighted by Gasteiger charge is -2.10. The van der Waals surface area contributed by atoms with Crippen molar-refractivity contribution in [3.05, 3.63) is 12.3 Å². The van der Waals surface area contributed by atoms with Gasteiger partial charge in [-0.3, -0.25) is 4.68 Å². The van der Waals surface area contributed by atoms with Crippen molar-refractivity contribution in [2.75, 3.05) is 5.32 Å². The van der Waals surface area contributed by atoms with E-state index in [2.05, 4.69) is 16.5 Å². The quantitative estimate of drug-likeness (QED) is 0.769. The van der Waals surface area contributed by atoms with Crippen LogP contribution in [0.2, 0.25) is 0 Å². The molecule has 2 rings (SSSR count). The fraction of sp³-hybridized carbons (Fsp3) is 0.600. The summed E-state index contributed by atoms with van der Waals surface area (Å²) < 4.78 is 1.78. The molecule has 0 saturated heterocycles. The van der Waals surface area contributed by atoms with Crippen LogP contribution in [0.4, 0.5) is 5.82 Å². The van der Waals surface area contributed by atoms with Crippen molar-refractivity contribution in [1.29, 1.82) is 5.26 Å². The van der Waals surface area contributed by atoms with Crippen molar-refractivity contribution >= 4 is 5.82 Å². The number of nitrogens with zero attached hydrogens (tertiary/aromatic N) is 3. The Morgan fingerprint density at radius 1 is 1.64 bits per heavy atom. The molecule has 2 unspecified atom stereocenters. The number of rotatable bonds is 2. The summed E-state index contributed by atoms with van der Waals surface area (Å²) in [6.45, 7) is 0. The molecule has 0 spiro atoms. The van der Waals surface area contributed by atoms with E-state index in [9.17, 15) is 0 Å². The molecular weight excluding hydrogens is 176 g/mol. The predicted molar refractivity (Wildman–Crippen MR) is 53.6 cm³/mol. The van der Waals surface area contributed by atoms with Gasteiger partial charge in [0.05, 0.1) is 6.07 Å². The van der Waals surface area contributed by atoms with Gasteiger partial charge in [-0.15, -0.1) is 0 Å². The Labute approximate surface area is 83.5 Å². The molecule has 4 heteroatoms. The van der Waals surface area contributed by atoms with E-state index in [0.29, 0.717) is 6.04 Å². The largest absolute Gasteiger partial charge is 0.366 e. The third kappa shape index (κ3) is 1.87. The van der Waals surface area contributed by atoms with E-state index in [1.54, 1.807) is 4.68 Å². The zero-order valence-electron chi connectivity index (χ0n) is 8.27. The molecule has 0 aromatic carbocycles. The van der Waals surface area contributed by atoms with Gasteiger partial charge in [0, 0.05) is 31.3 Å². The Morgan fingerprint density at radius 3 is 3.07 bits per heavy atom. The highest BCUT2D eigenvalue weighted by Crippen LogP contribution is 2.26. The van der Waals surface area contributed by atoms with Gasteiger partial charge in [-0.05, 0) is 19.3 Å². The van der Waals surface area contributed by atoms with Crippen molar-refractivity contribution in [2.24, 2.45) is 13.0 Å². The fourth-order valence-electron chi connectivity index (χ4n) is 1.93. The van der Waals surface area contributed by atoms with Gasteiger partial charge >= 0.3 is 0 Å². The van der Waals surface area contributed by atoms with E-state index in [0.717, 1.165) is 25.1 Å². The lowest BCUT2D eigenvalue weighted by atomic mass is 10.1. The summed E-state index contributed by atoms with van der Waals surface area (Å²) in [7, 11) is 1.90. The highest BCUT2D eigenvalue weighted by molar-refractivity contribution is 5.34. The second-order valence-electron chi connectivity index (χ2n) is 3.85. The van der Waals surface area contributed by atoms with Crippen molar-refractivity contribution in [1.82, 2.24) is 9.78 Å². The first-order valence-corrected chi connectivity index (χ1v) is 4.93. The topological polar surface area (TPSA) is 53.6 Å². The molecule has 1 aliphatic rings. The molecule has 1 heterocycles. The molecule has 1 aliphatic carbocycles. The summed E-state index contributed by atoms with van der Waals surface area (Å²) in [6.07, 6.45) is 4.96. The van der Waals surface area contributed by atoms with Crippen molar-refractivity contribution in [2.45, 2.75) is 25.3 Å². The van der Waals surface area contributed by atoms with Gasteiger partial charge in [0.2, 0.25) is 0 Å². The zero-order valence-corrected chi connectivity index (χ0v) is 8.27. The van der Waals surface area contributed by atoms with Crippen LogP contribution in [0.1, 0.15) is 19.3 Å². The summed E-state index contributed by atoms with van der Waals surface area (Å²) in [5, 5.41) is 16.3. The first-order valence-electron chi connectivity index (χ1n) is 4.93. The summed E-state index contributed by atoms with van der Waals surface area (Å²) in [5.74, 6) is 1.15. The molecule has 0 aliphatic heterocycles. The van der Waals surface area contributed by atoms with E-state index in [1.807, 2.05) is 19.3 Å². The maximum atomic E-state index is 8.76. The van der Waals surface area contributed by atoms with Gasteiger partial charge in [0.25, 0.3) is 0 Å².